The van der Waals surface area contributed by atoms with Crippen molar-refractivity contribution in [2.45, 2.75) is 42.7 Å². The lowest BCUT2D eigenvalue weighted by molar-refractivity contribution is 0.307. The fraction of sp³-hybridized carbons (Fsp3) is 0.500. The molecule has 0 amide bonds. The van der Waals surface area contributed by atoms with Gasteiger partial charge in [-0.15, -0.1) is 0 Å². The summed E-state index contributed by atoms with van der Waals surface area (Å²) >= 11 is 0. The van der Waals surface area contributed by atoms with E-state index in [1.807, 2.05) is 25.1 Å². The van der Waals surface area contributed by atoms with Crippen molar-refractivity contribution < 1.29 is 12.8 Å². The fourth-order valence-corrected chi connectivity index (χ4v) is 5.44. The highest BCUT2D eigenvalue weighted by atomic mass is 32.2. The highest BCUT2D eigenvalue weighted by Gasteiger charge is 2.39. The van der Waals surface area contributed by atoms with Gasteiger partial charge in [0.15, 0.2) is 0 Å². The van der Waals surface area contributed by atoms with Crippen LogP contribution in [0.1, 0.15) is 25.7 Å². The van der Waals surface area contributed by atoms with Gasteiger partial charge in [0.05, 0.1) is 0 Å². The quantitative estimate of drug-likeness (QED) is 0.717. The van der Waals surface area contributed by atoms with Gasteiger partial charge in [-0.1, -0.05) is 12.1 Å². The Hall–Kier alpha value is -2.26. The third-order valence-electron chi connectivity index (χ3n) is 5.57. The monoisotopic (exact) mass is 419 g/mol. The maximum absolute atomic E-state index is 14.1. The number of aromatic nitrogens is 2. The summed E-state index contributed by atoms with van der Waals surface area (Å²) in [6, 6.07) is 8.20. The lowest BCUT2D eigenvalue weighted by atomic mass is 10.0. The summed E-state index contributed by atoms with van der Waals surface area (Å²) in [5, 5.41) is 0. The number of benzene rings is 1. The van der Waals surface area contributed by atoms with Crippen LogP contribution >= 0.6 is 0 Å². The van der Waals surface area contributed by atoms with Gasteiger partial charge in [-0.3, -0.25) is 0 Å². The highest BCUT2D eigenvalue weighted by molar-refractivity contribution is 7.89. The first-order chi connectivity index (χ1) is 13.9. The van der Waals surface area contributed by atoms with E-state index in [1.165, 1.54) is 22.5 Å². The lowest BCUT2D eigenvalue weighted by Crippen LogP contribution is -2.48. The molecule has 1 saturated carbocycles. The van der Waals surface area contributed by atoms with Crippen LogP contribution in [0.2, 0.25) is 0 Å². The van der Waals surface area contributed by atoms with Crippen LogP contribution in [0.25, 0.3) is 0 Å². The molecule has 0 radical (unpaired) electrons. The third-order valence-corrected chi connectivity index (χ3v) is 7.50. The topological polar surface area (TPSA) is 69.6 Å². The second kappa shape index (κ2) is 7.87. The molecule has 2 heterocycles. The second-order valence-electron chi connectivity index (χ2n) is 7.83. The summed E-state index contributed by atoms with van der Waals surface area (Å²) in [6.45, 7) is 0.742. The predicted octanol–water partition coefficient (Wildman–Crippen LogP) is 2.50. The van der Waals surface area contributed by atoms with Crippen molar-refractivity contribution in [1.29, 1.82) is 0 Å². The van der Waals surface area contributed by atoms with Crippen LogP contribution in [0.5, 0.6) is 0 Å². The number of piperidine rings is 1. The number of hydrogen-bond acceptors (Lipinski definition) is 6. The minimum absolute atomic E-state index is 0.208. The molecule has 1 aliphatic carbocycles. The molecule has 1 aromatic heterocycles. The number of sulfonamides is 1. The maximum Gasteiger partial charge on any atom is 0.245 e. The van der Waals surface area contributed by atoms with Gasteiger partial charge in [-0.05, 0) is 37.8 Å². The predicted molar refractivity (Wildman–Crippen MR) is 110 cm³/mol. The molecule has 0 bridgehead atoms. The van der Waals surface area contributed by atoms with Crippen molar-refractivity contribution in [3.8, 4) is 0 Å². The summed E-state index contributed by atoms with van der Waals surface area (Å²) in [5.41, 5.74) is 0. The number of anilines is 2. The summed E-state index contributed by atoms with van der Waals surface area (Å²) in [4.78, 5) is 12.8. The molecule has 0 spiro atoms. The van der Waals surface area contributed by atoms with E-state index >= 15 is 0 Å². The van der Waals surface area contributed by atoms with E-state index in [1.54, 1.807) is 12.4 Å². The first-order valence-electron chi connectivity index (χ1n) is 9.90. The van der Waals surface area contributed by atoms with Gasteiger partial charge in [-0.2, -0.15) is 4.31 Å². The Morgan fingerprint density at radius 2 is 1.62 bits per heavy atom. The Labute approximate surface area is 171 Å². The van der Waals surface area contributed by atoms with E-state index in [0.717, 1.165) is 24.5 Å². The molecular formula is C20H26FN5O2S. The van der Waals surface area contributed by atoms with Crippen molar-refractivity contribution in [1.82, 2.24) is 14.3 Å². The Bertz CT molecular complexity index is 972. The summed E-state index contributed by atoms with van der Waals surface area (Å²) in [5.74, 6) is 1.04. The van der Waals surface area contributed by atoms with Crippen molar-refractivity contribution in [2.24, 2.45) is 0 Å². The molecule has 9 heteroatoms. The molecular weight excluding hydrogens is 393 g/mol. The average molecular weight is 420 g/mol. The smallest absolute Gasteiger partial charge is 0.245 e. The molecule has 2 aliphatic rings. The summed E-state index contributed by atoms with van der Waals surface area (Å²) in [7, 11) is 0.0666. The molecule has 156 valence electrons. The zero-order valence-electron chi connectivity index (χ0n) is 16.7. The summed E-state index contributed by atoms with van der Waals surface area (Å²) in [6.07, 6.45) is 5.19. The minimum Gasteiger partial charge on any atom is -0.363 e. The van der Waals surface area contributed by atoms with Crippen LogP contribution in [0.4, 0.5) is 16.0 Å². The van der Waals surface area contributed by atoms with Crippen molar-refractivity contribution in [2.75, 3.05) is 37.0 Å². The molecule has 1 saturated heterocycles. The van der Waals surface area contributed by atoms with Gasteiger partial charge >= 0.3 is 0 Å². The number of halogens is 1. The van der Waals surface area contributed by atoms with Gasteiger partial charge in [0.25, 0.3) is 0 Å². The van der Waals surface area contributed by atoms with Crippen LogP contribution in [-0.4, -0.2) is 62.0 Å². The minimum atomic E-state index is -3.82. The second-order valence-corrected chi connectivity index (χ2v) is 9.74. The number of hydrogen-bond donors (Lipinski definition) is 0. The number of rotatable bonds is 6. The van der Waals surface area contributed by atoms with Gasteiger partial charge in [0.1, 0.15) is 28.7 Å². The molecule has 0 atom stereocenters. The highest BCUT2D eigenvalue weighted by Crippen LogP contribution is 2.36. The Kier molecular flexibility index (Phi) is 5.44. The molecule has 1 aliphatic heterocycles. The van der Waals surface area contributed by atoms with Gasteiger partial charge < -0.3 is 9.80 Å². The molecule has 7 nitrogen and oxygen atoms in total. The molecule has 2 fully saturated rings. The molecule has 29 heavy (non-hydrogen) atoms. The van der Waals surface area contributed by atoms with E-state index in [4.69, 9.17) is 0 Å². The largest absolute Gasteiger partial charge is 0.363 e. The van der Waals surface area contributed by atoms with E-state index in [2.05, 4.69) is 14.9 Å². The molecule has 2 aromatic rings. The maximum atomic E-state index is 14.1. The Morgan fingerprint density at radius 1 is 1.00 bits per heavy atom. The molecule has 4 rings (SSSR count). The van der Waals surface area contributed by atoms with Crippen LogP contribution < -0.4 is 9.80 Å². The Balaban J connectivity index is 1.51. The average Bonchev–Trinajstić information content (AvgIpc) is 3.54. The van der Waals surface area contributed by atoms with E-state index < -0.39 is 15.8 Å². The van der Waals surface area contributed by atoms with Gasteiger partial charge in [0.2, 0.25) is 10.0 Å². The van der Waals surface area contributed by atoms with Crippen molar-refractivity contribution in [3.05, 3.63) is 42.5 Å². The molecule has 0 N–H and O–H groups in total. The van der Waals surface area contributed by atoms with Crippen LogP contribution in [0.3, 0.4) is 0 Å². The van der Waals surface area contributed by atoms with E-state index in [0.29, 0.717) is 32.0 Å². The zero-order chi connectivity index (χ0) is 20.6. The third kappa shape index (κ3) is 4.06. The number of nitrogens with zero attached hydrogens (tertiary/aromatic N) is 5. The normalized spacial score (nSPS) is 18.6. The van der Waals surface area contributed by atoms with Crippen LogP contribution in [0, 0.1) is 5.82 Å². The van der Waals surface area contributed by atoms with E-state index in [-0.39, 0.29) is 10.9 Å². The fourth-order valence-electron chi connectivity index (χ4n) is 3.90. The van der Waals surface area contributed by atoms with Crippen LogP contribution in [-0.2, 0) is 10.0 Å². The first kappa shape index (κ1) is 20.0. The molecule has 1 aromatic carbocycles. The van der Waals surface area contributed by atoms with Crippen LogP contribution in [0.15, 0.2) is 41.6 Å². The standard InChI is InChI=1S/C20H26FN5O2S/c1-24(2)19-13-20(23-14-22-19)26(15-7-8-15)16-9-11-25(12-10-16)29(27,28)18-6-4-3-5-17(18)21/h3-6,13-16H,7-12H2,1-2H3. The SMILES string of the molecule is CN(C)c1cc(N(C2CC2)C2CCN(S(=O)(=O)c3ccccc3F)CC2)ncn1. The van der Waals surface area contributed by atoms with Crippen molar-refractivity contribution >= 4 is 21.7 Å². The molecule has 0 unspecified atom stereocenters. The van der Waals surface area contributed by atoms with Crippen molar-refractivity contribution in [3.63, 3.8) is 0 Å². The Morgan fingerprint density at radius 3 is 2.24 bits per heavy atom. The van der Waals surface area contributed by atoms with E-state index in [9.17, 15) is 12.8 Å². The van der Waals surface area contributed by atoms with Gasteiger partial charge in [0, 0.05) is 45.3 Å². The van der Waals surface area contributed by atoms with Gasteiger partial charge in [-0.25, -0.2) is 22.8 Å². The lowest BCUT2D eigenvalue weighted by Gasteiger charge is -2.39. The summed E-state index contributed by atoms with van der Waals surface area (Å²) < 4.78 is 41.2. The first-order valence-corrected chi connectivity index (χ1v) is 11.3. The zero-order valence-corrected chi connectivity index (χ0v) is 17.5.